The van der Waals surface area contributed by atoms with Gasteiger partial charge in [0.25, 0.3) is 0 Å². The number of hydrogen-bond acceptors (Lipinski definition) is 6. The Balaban J connectivity index is 1.31. The van der Waals surface area contributed by atoms with E-state index in [0.29, 0.717) is 33.4 Å². The summed E-state index contributed by atoms with van der Waals surface area (Å²) in [5.74, 6) is -0.799. The zero-order valence-electron chi connectivity index (χ0n) is 23.3. The van der Waals surface area contributed by atoms with Crippen molar-refractivity contribution in [2.75, 3.05) is 0 Å². The third-order valence-corrected chi connectivity index (χ3v) is 7.23. The van der Waals surface area contributed by atoms with Gasteiger partial charge in [-0.25, -0.2) is 14.5 Å². The Kier molecular flexibility index (Phi) is 8.14. The lowest BCUT2D eigenvalue weighted by atomic mass is 9.99. The molecule has 0 saturated heterocycles. The molecular formula is C37H26O7. The summed E-state index contributed by atoms with van der Waals surface area (Å²) in [6.07, 6.45) is 0. The van der Waals surface area contributed by atoms with E-state index in [1.807, 2.05) is 91.0 Å². The van der Waals surface area contributed by atoms with Crippen molar-refractivity contribution in [1.29, 1.82) is 0 Å². The molecule has 6 aromatic carbocycles. The van der Waals surface area contributed by atoms with Gasteiger partial charge in [0.15, 0.2) is 0 Å². The van der Waals surface area contributed by atoms with Gasteiger partial charge < -0.3 is 14.6 Å². The van der Waals surface area contributed by atoms with Crippen molar-refractivity contribution in [1.82, 2.24) is 0 Å². The molecule has 0 unspecified atom stereocenters. The molecule has 0 aromatic heterocycles. The summed E-state index contributed by atoms with van der Waals surface area (Å²) < 4.78 is 12.1. The van der Waals surface area contributed by atoms with E-state index in [1.165, 1.54) is 12.1 Å². The highest BCUT2D eigenvalue weighted by Crippen LogP contribution is 2.38. The number of carboxylic acid groups (broad SMARTS) is 1. The van der Waals surface area contributed by atoms with E-state index in [9.17, 15) is 20.0 Å². The van der Waals surface area contributed by atoms with Crippen LogP contribution in [-0.4, -0.2) is 22.3 Å². The molecule has 0 aliphatic heterocycles. The SMILES string of the molecule is O=C(O)c1cc(-c2ccccc2)ccc1C(=O)Oc1ccc(Oc2ccc(-c3ccccc3)cc2COO)c2ccccc12. The number of fused-ring (bicyclic) bond motifs is 1. The van der Waals surface area contributed by atoms with E-state index in [2.05, 4.69) is 4.89 Å². The summed E-state index contributed by atoms with van der Waals surface area (Å²) in [5.41, 5.74) is 3.87. The fourth-order valence-corrected chi connectivity index (χ4v) is 5.08. The number of hydrogen-bond donors (Lipinski definition) is 2. The molecule has 0 amide bonds. The number of benzene rings is 6. The van der Waals surface area contributed by atoms with E-state index in [4.69, 9.17) is 9.47 Å². The van der Waals surface area contributed by atoms with Crippen LogP contribution in [0.3, 0.4) is 0 Å². The van der Waals surface area contributed by atoms with Crippen LogP contribution in [0.25, 0.3) is 33.0 Å². The highest BCUT2D eigenvalue weighted by Gasteiger charge is 2.21. The third kappa shape index (κ3) is 5.91. The molecule has 6 rings (SSSR count). The Morgan fingerprint density at radius 1 is 0.545 bits per heavy atom. The minimum absolute atomic E-state index is 0.0614. The van der Waals surface area contributed by atoms with E-state index in [1.54, 1.807) is 30.3 Å². The third-order valence-electron chi connectivity index (χ3n) is 7.23. The van der Waals surface area contributed by atoms with Gasteiger partial charge in [-0.1, -0.05) is 97.1 Å². The van der Waals surface area contributed by atoms with Gasteiger partial charge >= 0.3 is 11.9 Å². The van der Waals surface area contributed by atoms with Gasteiger partial charge in [-0.15, -0.1) is 0 Å². The second-order valence-corrected chi connectivity index (χ2v) is 9.99. The van der Waals surface area contributed by atoms with Crippen LogP contribution >= 0.6 is 0 Å². The lowest BCUT2D eigenvalue weighted by Gasteiger charge is -2.16. The second-order valence-electron chi connectivity index (χ2n) is 9.99. The Hall–Kier alpha value is -5.76. The number of esters is 1. The number of carboxylic acids is 1. The van der Waals surface area contributed by atoms with Crippen LogP contribution in [0.1, 0.15) is 26.3 Å². The molecule has 0 aliphatic carbocycles. The average Bonchev–Trinajstić information content (AvgIpc) is 3.07. The van der Waals surface area contributed by atoms with Gasteiger partial charge in [0.1, 0.15) is 23.9 Å². The molecule has 0 atom stereocenters. The van der Waals surface area contributed by atoms with Crippen molar-refractivity contribution in [2.45, 2.75) is 6.61 Å². The summed E-state index contributed by atoms with van der Waals surface area (Å²) in [7, 11) is 0. The molecule has 0 fully saturated rings. The van der Waals surface area contributed by atoms with E-state index in [0.717, 1.165) is 16.7 Å². The molecule has 2 N–H and O–H groups in total. The number of carbonyl (C=O) groups is 2. The minimum Gasteiger partial charge on any atom is -0.478 e. The van der Waals surface area contributed by atoms with Crippen LogP contribution in [0, 0.1) is 0 Å². The predicted molar refractivity (Wildman–Crippen MR) is 167 cm³/mol. The molecule has 0 spiro atoms. The normalized spacial score (nSPS) is 10.8. The van der Waals surface area contributed by atoms with Gasteiger partial charge in [-0.2, -0.15) is 0 Å². The average molecular weight is 583 g/mol. The largest absolute Gasteiger partial charge is 0.478 e. The van der Waals surface area contributed by atoms with E-state index in [-0.39, 0.29) is 23.5 Å². The van der Waals surface area contributed by atoms with Crippen molar-refractivity contribution in [3.05, 3.63) is 150 Å². The first-order valence-electron chi connectivity index (χ1n) is 13.8. The summed E-state index contributed by atoms with van der Waals surface area (Å²) in [5, 5.41) is 20.4. The Morgan fingerprint density at radius 3 is 1.73 bits per heavy atom. The zero-order valence-corrected chi connectivity index (χ0v) is 23.3. The van der Waals surface area contributed by atoms with Crippen LogP contribution in [0.4, 0.5) is 0 Å². The number of rotatable bonds is 9. The zero-order chi connectivity index (χ0) is 30.5. The predicted octanol–water partition coefficient (Wildman–Crippen LogP) is 8.87. The van der Waals surface area contributed by atoms with Gasteiger partial charge in [0, 0.05) is 16.3 Å². The fraction of sp³-hybridized carbons (Fsp3) is 0.0270. The molecule has 0 saturated carbocycles. The maximum absolute atomic E-state index is 13.3. The lowest BCUT2D eigenvalue weighted by Crippen LogP contribution is -2.14. The molecule has 0 aliphatic rings. The van der Waals surface area contributed by atoms with Gasteiger partial charge in [0.2, 0.25) is 0 Å². The lowest BCUT2D eigenvalue weighted by molar-refractivity contribution is -0.253. The van der Waals surface area contributed by atoms with Crippen LogP contribution in [0.5, 0.6) is 17.2 Å². The van der Waals surface area contributed by atoms with Crippen LogP contribution in [-0.2, 0) is 11.5 Å². The van der Waals surface area contributed by atoms with Gasteiger partial charge in [-0.05, 0) is 58.7 Å². The van der Waals surface area contributed by atoms with Crippen molar-refractivity contribution < 1.29 is 34.3 Å². The number of carbonyl (C=O) groups excluding carboxylic acids is 1. The smallest absolute Gasteiger partial charge is 0.344 e. The summed E-state index contributed by atoms with van der Waals surface area (Å²) in [4.78, 5) is 29.9. The first-order chi connectivity index (χ1) is 21.5. The Labute approximate surface area is 253 Å². The molecule has 216 valence electrons. The van der Waals surface area contributed by atoms with Crippen LogP contribution in [0.15, 0.2) is 133 Å². The van der Waals surface area contributed by atoms with Crippen molar-refractivity contribution in [3.63, 3.8) is 0 Å². The molecule has 44 heavy (non-hydrogen) atoms. The topological polar surface area (TPSA) is 102 Å². The molecular weight excluding hydrogens is 556 g/mol. The molecule has 7 nitrogen and oxygen atoms in total. The molecule has 0 radical (unpaired) electrons. The first kappa shape index (κ1) is 28.4. The molecule has 0 heterocycles. The number of aromatic carboxylic acids is 1. The van der Waals surface area contributed by atoms with Gasteiger partial charge in [0.05, 0.1) is 11.1 Å². The van der Waals surface area contributed by atoms with Crippen molar-refractivity contribution in [2.24, 2.45) is 0 Å². The number of ether oxygens (including phenoxy) is 2. The maximum Gasteiger partial charge on any atom is 0.344 e. The van der Waals surface area contributed by atoms with E-state index >= 15 is 0 Å². The summed E-state index contributed by atoms with van der Waals surface area (Å²) in [6, 6.07) is 40.0. The minimum atomic E-state index is -1.23. The quantitative estimate of drug-likeness (QED) is 0.0760. The monoisotopic (exact) mass is 582 g/mol. The molecule has 7 heteroatoms. The maximum atomic E-state index is 13.3. The fourth-order valence-electron chi connectivity index (χ4n) is 5.08. The Morgan fingerprint density at radius 2 is 1.09 bits per heavy atom. The van der Waals surface area contributed by atoms with Crippen molar-refractivity contribution >= 4 is 22.7 Å². The van der Waals surface area contributed by atoms with E-state index < -0.39 is 11.9 Å². The molecule has 0 bridgehead atoms. The second kappa shape index (κ2) is 12.6. The molecule has 6 aromatic rings. The van der Waals surface area contributed by atoms with Gasteiger partial charge in [-0.3, -0.25) is 5.26 Å². The Bertz CT molecular complexity index is 1970. The van der Waals surface area contributed by atoms with Crippen LogP contribution in [0.2, 0.25) is 0 Å². The first-order valence-corrected chi connectivity index (χ1v) is 13.8. The highest BCUT2D eigenvalue weighted by molar-refractivity contribution is 6.05. The standard InChI is InChI=1S/C37H26O7/c38-36(39)32-22-27(25-11-5-2-6-12-25)15-17-31(32)37(40)44-35-20-19-34(29-13-7-8-14-30(29)35)43-33-18-16-26(21-28(33)23-42-41)24-9-3-1-4-10-24/h1-22,41H,23H2,(H,38,39). The summed E-state index contributed by atoms with van der Waals surface area (Å²) >= 11 is 0. The summed E-state index contributed by atoms with van der Waals surface area (Å²) in [6.45, 7) is -0.0847. The highest BCUT2D eigenvalue weighted by atomic mass is 17.1. The van der Waals surface area contributed by atoms with Crippen molar-refractivity contribution in [3.8, 4) is 39.5 Å². The van der Waals surface area contributed by atoms with Crippen LogP contribution < -0.4 is 9.47 Å².